The van der Waals surface area contributed by atoms with Crippen molar-refractivity contribution in [1.82, 2.24) is 9.97 Å². The molecular formula is C13H10N2O3. The second kappa shape index (κ2) is 4.03. The van der Waals surface area contributed by atoms with E-state index in [0.717, 1.165) is 11.3 Å². The third kappa shape index (κ3) is 1.75. The van der Waals surface area contributed by atoms with E-state index in [2.05, 4.69) is 9.97 Å². The van der Waals surface area contributed by atoms with E-state index in [1.807, 2.05) is 30.3 Å². The van der Waals surface area contributed by atoms with E-state index in [9.17, 15) is 9.59 Å². The second-order valence-electron chi connectivity index (χ2n) is 3.96. The maximum atomic E-state index is 11.7. The number of hydrogen-bond acceptors (Lipinski definition) is 3. The Kier molecular flexibility index (Phi) is 2.37. The third-order valence-corrected chi connectivity index (χ3v) is 2.78. The molecule has 0 radical (unpaired) electrons. The molecule has 1 aliphatic heterocycles. The average molecular weight is 242 g/mol. The Bertz CT molecular complexity index is 727. The molecule has 18 heavy (non-hydrogen) atoms. The summed E-state index contributed by atoms with van der Waals surface area (Å²) in [6, 6.07) is 7.55. The molecule has 5 nitrogen and oxygen atoms in total. The molecule has 3 rings (SSSR count). The van der Waals surface area contributed by atoms with Gasteiger partial charge in [0.15, 0.2) is 0 Å². The van der Waals surface area contributed by atoms with Crippen LogP contribution in [0, 0.1) is 0 Å². The fraction of sp³-hybridized carbons (Fsp3) is 0.0769. The number of fused-ring (bicyclic) bond motifs is 1. The van der Waals surface area contributed by atoms with Gasteiger partial charge in [-0.05, 0) is 12.1 Å². The molecular weight excluding hydrogens is 232 g/mol. The summed E-state index contributed by atoms with van der Waals surface area (Å²) in [5.74, 6) is 0.718. The summed E-state index contributed by atoms with van der Waals surface area (Å²) in [6.45, 7) is 0. The molecule has 90 valence electrons. The van der Waals surface area contributed by atoms with Crippen molar-refractivity contribution in [3.05, 3.63) is 68.5 Å². The summed E-state index contributed by atoms with van der Waals surface area (Å²) in [5.41, 5.74) is 0.381. The maximum absolute atomic E-state index is 11.7. The van der Waals surface area contributed by atoms with Gasteiger partial charge in [0.05, 0.1) is 5.56 Å². The Labute approximate surface area is 102 Å². The summed E-state index contributed by atoms with van der Waals surface area (Å²) >= 11 is 0. The zero-order valence-electron chi connectivity index (χ0n) is 9.34. The highest BCUT2D eigenvalue weighted by molar-refractivity contribution is 5.60. The molecule has 1 atom stereocenters. The van der Waals surface area contributed by atoms with Gasteiger partial charge in [0.25, 0.3) is 5.56 Å². The number of rotatable bonds is 1. The van der Waals surface area contributed by atoms with Crippen LogP contribution in [0.3, 0.4) is 0 Å². The lowest BCUT2D eigenvalue weighted by Gasteiger charge is -2.20. The highest BCUT2D eigenvalue weighted by atomic mass is 16.5. The van der Waals surface area contributed by atoms with Crippen molar-refractivity contribution in [1.29, 1.82) is 0 Å². The van der Waals surface area contributed by atoms with Crippen LogP contribution in [0.4, 0.5) is 0 Å². The molecule has 1 aromatic heterocycles. The Balaban J connectivity index is 2.02. The molecule has 0 spiro atoms. The molecule has 1 unspecified atom stereocenters. The molecule has 1 aliphatic rings. The summed E-state index contributed by atoms with van der Waals surface area (Å²) in [4.78, 5) is 27.2. The van der Waals surface area contributed by atoms with E-state index in [-0.39, 0.29) is 0 Å². The minimum Gasteiger partial charge on any atom is -0.481 e. The van der Waals surface area contributed by atoms with E-state index in [4.69, 9.17) is 4.74 Å². The SMILES string of the molecule is O=c1[nH]cc(C2C=Cc3ccccc3O2)c(=O)[nH]1. The predicted molar refractivity (Wildman–Crippen MR) is 66.5 cm³/mol. The lowest BCUT2D eigenvalue weighted by Crippen LogP contribution is -2.27. The lowest BCUT2D eigenvalue weighted by atomic mass is 10.1. The van der Waals surface area contributed by atoms with Gasteiger partial charge in [0.1, 0.15) is 11.9 Å². The summed E-state index contributed by atoms with van der Waals surface area (Å²) in [7, 11) is 0. The van der Waals surface area contributed by atoms with Crippen molar-refractivity contribution >= 4 is 6.08 Å². The average Bonchev–Trinajstić information content (AvgIpc) is 2.38. The highest BCUT2D eigenvalue weighted by Crippen LogP contribution is 2.30. The molecule has 0 saturated carbocycles. The molecule has 0 fully saturated rings. The van der Waals surface area contributed by atoms with Gasteiger partial charge < -0.3 is 9.72 Å². The van der Waals surface area contributed by atoms with Crippen molar-refractivity contribution in [3.8, 4) is 5.75 Å². The van der Waals surface area contributed by atoms with Crippen molar-refractivity contribution in [2.75, 3.05) is 0 Å². The Morgan fingerprint density at radius 2 is 2.00 bits per heavy atom. The zero-order valence-corrected chi connectivity index (χ0v) is 9.34. The molecule has 2 N–H and O–H groups in total. The zero-order chi connectivity index (χ0) is 12.5. The molecule has 0 amide bonds. The number of H-pyrrole nitrogens is 2. The smallest absolute Gasteiger partial charge is 0.325 e. The third-order valence-electron chi connectivity index (χ3n) is 2.78. The van der Waals surface area contributed by atoms with Crippen LogP contribution < -0.4 is 16.0 Å². The largest absolute Gasteiger partial charge is 0.481 e. The molecule has 2 heterocycles. The second-order valence-corrected chi connectivity index (χ2v) is 3.96. The standard InChI is InChI=1S/C13H10N2O3/c16-12-9(7-14-13(17)15-12)11-6-5-8-3-1-2-4-10(8)18-11/h1-7,11H,(H2,14,15,16,17). The monoisotopic (exact) mass is 242 g/mol. The first-order valence-electron chi connectivity index (χ1n) is 5.50. The Hall–Kier alpha value is -2.56. The molecule has 0 bridgehead atoms. The van der Waals surface area contributed by atoms with E-state index in [0.29, 0.717) is 5.56 Å². The van der Waals surface area contributed by atoms with Crippen LogP contribution >= 0.6 is 0 Å². The number of benzene rings is 1. The van der Waals surface area contributed by atoms with Gasteiger partial charge >= 0.3 is 5.69 Å². The number of aromatic amines is 2. The molecule has 0 aliphatic carbocycles. The van der Waals surface area contributed by atoms with Gasteiger partial charge in [-0.2, -0.15) is 0 Å². The summed E-state index contributed by atoms with van der Waals surface area (Å²) in [5, 5.41) is 0. The molecule has 0 saturated heterocycles. The first-order valence-corrected chi connectivity index (χ1v) is 5.50. The van der Waals surface area contributed by atoms with Crippen LogP contribution in [0.1, 0.15) is 17.2 Å². The Morgan fingerprint density at radius 3 is 2.83 bits per heavy atom. The van der Waals surface area contributed by atoms with Crippen LogP contribution in [0.15, 0.2) is 46.1 Å². The van der Waals surface area contributed by atoms with Crippen LogP contribution in [-0.2, 0) is 0 Å². The fourth-order valence-corrected chi connectivity index (χ4v) is 1.89. The number of ether oxygens (including phenoxy) is 1. The minimum absolute atomic E-state index is 0.375. The van der Waals surface area contributed by atoms with Crippen LogP contribution in [0.25, 0.3) is 6.08 Å². The quantitative estimate of drug-likeness (QED) is 0.789. The number of para-hydroxylation sites is 1. The maximum Gasteiger partial charge on any atom is 0.325 e. The van der Waals surface area contributed by atoms with E-state index in [1.165, 1.54) is 6.20 Å². The Morgan fingerprint density at radius 1 is 1.17 bits per heavy atom. The normalized spacial score (nSPS) is 17.0. The van der Waals surface area contributed by atoms with Crippen LogP contribution in [0.2, 0.25) is 0 Å². The van der Waals surface area contributed by atoms with E-state index in [1.54, 1.807) is 6.08 Å². The van der Waals surface area contributed by atoms with Crippen molar-refractivity contribution in [3.63, 3.8) is 0 Å². The van der Waals surface area contributed by atoms with Crippen molar-refractivity contribution < 1.29 is 4.74 Å². The number of aromatic nitrogens is 2. The van der Waals surface area contributed by atoms with Gasteiger partial charge in [-0.1, -0.05) is 24.3 Å². The van der Waals surface area contributed by atoms with Gasteiger partial charge in [-0.15, -0.1) is 0 Å². The first-order chi connectivity index (χ1) is 8.74. The topological polar surface area (TPSA) is 75.0 Å². The summed E-state index contributed by atoms with van der Waals surface area (Å²) < 4.78 is 5.71. The number of nitrogens with one attached hydrogen (secondary N) is 2. The van der Waals surface area contributed by atoms with Gasteiger partial charge in [-0.3, -0.25) is 9.78 Å². The van der Waals surface area contributed by atoms with Crippen LogP contribution in [0.5, 0.6) is 5.75 Å². The highest BCUT2D eigenvalue weighted by Gasteiger charge is 2.18. The van der Waals surface area contributed by atoms with Crippen molar-refractivity contribution in [2.24, 2.45) is 0 Å². The van der Waals surface area contributed by atoms with Gasteiger partial charge in [0, 0.05) is 11.8 Å². The van der Waals surface area contributed by atoms with Crippen LogP contribution in [-0.4, -0.2) is 9.97 Å². The molecule has 1 aromatic carbocycles. The van der Waals surface area contributed by atoms with Crippen molar-refractivity contribution in [2.45, 2.75) is 6.10 Å². The lowest BCUT2D eigenvalue weighted by molar-refractivity contribution is 0.249. The first kappa shape index (κ1) is 10.6. The van der Waals surface area contributed by atoms with E-state index >= 15 is 0 Å². The molecule has 2 aromatic rings. The molecule has 5 heteroatoms. The predicted octanol–water partition coefficient (Wildman–Crippen LogP) is 1.21. The van der Waals surface area contributed by atoms with Gasteiger partial charge in [0.2, 0.25) is 0 Å². The number of hydrogen-bond donors (Lipinski definition) is 2. The minimum atomic E-state index is -0.524. The summed E-state index contributed by atoms with van der Waals surface area (Å²) in [6.07, 6.45) is 4.57. The van der Waals surface area contributed by atoms with Gasteiger partial charge in [-0.25, -0.2) is 4.79 Å². The fourth-order valence-electron chi connectivity index (χ4n) is 1.89. The van der Waals surface area contributed by atoms with E-state index < -0.39 is 17.4 Å².